The van der Waals surface area contributed by atoms with Gasteiger partial charge >= 0.3 is 0 Å². The Morgan fingerprint density at radius 3 is 2.70 bits per heavy atom. The standard InChI is InChI=1S/C15H18N4O3S/c1-15(2,3)13-18-14(23-19-13)22-10-6-4-5-9(7-10)12(21)17-8-11(16)20/h4-7H,8H2,1-3H3,(H2,16,20)(H,17,21). The van der Waals surface area contributed by atoms with Crippen molar-refractivity contribution in [3.63, 3.8) is 0 Å². The fourth-order valence-corrected chi connectivity index (χ4v) is 2.37. The molecule has 1 aromatic carbocycles. The van der Waals surface area contributed by atoms with Gasteiger partial charge in [0.05, 0.1) is 6.54 Å². The van der Waals surface area contributed by atoms with Crippen molar-refractivity contribution in [2.75, 3.05) is 6.54 Å². The number of amides is 2. The van der Waals surface area contributed by atoms with E-state index in [1.165, 1.54) is 0 Å². The maximum Gasteiger partial charge on any atom is 0.298 e. The Morgan fingerprint density at radius 1 is 1.35 bits per heavy atom. The lowest BCUT2D eigenvalue weighted by Crippen LogP contribution is -2.33. The van der Waals surface area contributed by atoms with E-state index in [0.717, 1.165) is 11.5 Å². The number of nitrogens with one attached hydrogen (secondary N) is 1. The summed E-state index contributed by atoms with van der Waals surface area (Å²) in [5.41, 5.74) is 5.20. The van der Waals surface area contributed by atoms with Crippen LogP contribution >= 0.6 is 11.5 Å². The van der Waals surface area contributed by atoms with Crippen molar-refractivity contribution < 1.29 is 14.3 Å². The van der Waals surface area contributed by atoms with E-state index in [1.54, 1.807) is 24.3 Å². The zero-order valence-electron chi connectivity index (χ0n) is 13.1. The van der Waals surface area contributed by atoms with Crippen molar-refractivity contribution in [3.8, 4) is 10.9 Å². The van der Waals surface area contributed by atoms with E-state index < -0.39 is 11.8 Å². The van der Waals surface area contributed by atoms with Crippen molar-refractivity contribution in [1.82, 2.24) is 14.7 Å². The van der Waals surface area contributed by atoms with Crippen LogP contribution < -0.4 is 15.8 Å². The molecule has 0 aliphatic carbocycles. The molecule has 3 N–H and O–H groups in total. The molecule has 0 aliphatic heterocycles. The summed E-state index contributed by atoms with van der Waals surface area (Å²) in [7, 11) is 0. The zero-order chi connectivity index (χ0) is 17.0. The largest absolute Gasteiger partial charge is 0.430 e. The number of carbonyl (C=O) groups excluding carboxylic acids is 2. The molecule has 0 unspecified atom stereocenters. The third-order valence-electron chi connectivity index (χ3n) is 2.80. The molecular weight excluding hydrogens is 316 g/mol. The predicted molar refractivity (Wildman–Crippen MR) is 86.7 cm³/mol. The molecule has 1 heterocycles. The molecule has 2 aromatic rings. The maximum atomic E-state index is 11.9. The summed E-state index contributed by atoms with van der Waals surface area (Å²) in [5, 5.41) is 2.83. The van der Waals surface area contributed by atoms with Crippen molar-refractivity contribution in [3.05, 3.63) is 35.7 Å². The summed E-state index contributed by atoms with van der Waals surface area (Å²) in [6, 6.07) is 6.57. The highest BCUT2D eigenvalue weighted by atomic mass is 32.1. The van der Waals surface area contributed by atoms with Crippen LogP contribution in [0, 0.1) is 0 Å². The fraction of sp³-hybridized carbons (Fsp3) is 0.333. The molecule has 0 radical (unpaired) electrons. The second-order valence-electron chi connectivity index (χ2n) is 5.91. The lowest BCUT2D eigenvalue weighted by molar-refractivity contribution is -0.117. The van der Waals surface area contributed by atoms with E-state index in [2.05, 4.69) is 14.7 Å². The summed E-state index contributed by atoms with van der Waals surface area (Å²) in [6.45, 7) is 5.84. The highest BCUT2D eigenvalue weighted by Gasteiger charge is 2.20. The second kappa shape index (κ2) is 6.74. The molecule has 0 atom stereocenters. The van der Waals surface area contributed by atoms with Crippen LogP contribution in [0.4, 0.5) is 0 Å². The molecule has 0 saturated heterocycles. The van der Waals surface area contributed by atoms with Gasteiger partial charge in [-0.05, 0) is 18.2 Å². The molecule has 23 heavy (non-hydrogen) atoms. The number of carbonyl (C=O) groups is 2. The Balaban J connectivity index is 2.09. The van der Waals surface area contributed by atoms with E-state index in [1.807, 2.05) is 20.8 Å². The van der Waals surface area contributed by atoms with Gasteiger partial charge in [0.15, 0.2) is 5.82 Å². The van der Waals surface area contributed by atoms with Crippen LogP contribution in [0.2, 0.25) is 0 Å². The Labute approximate surface area is 138 Å². The van der Waals surface area contributed by atoms with Gasteiger partial charge < -0.3 is 15.8 Å². The Bertz CT molecular complexity index is 722. The lowest BCUT2D eigenvalue weighted by atomic mass is 9.96. The molecule has 7 nitrogen and oxygen atoms in total. The first-order valence-electron chi connectivity index (χ1n) is 6.94. The number of rotatable bonds is 5. The van der Waals surface area contributed by atoms with E-state index in [4.69, 9.17) is 10.5 Å². The Morgan fingerprint density at radius 2 is 2.09 bits per heavy atom. The van der Waals surface area contributed by atoms with Gasteiger partial charge in [0, 0.05) is 22.5 Å². The SMILES string of the molecule is CC(C)(C)c1nsc(Oc2cccc(C(=O)NCC(N)=O)c2)n1. The molecule has 0 spiro atoms. The topological polar surface area (TPSA) is 107 Å². The van der Waals surface area contributed by atoms with Gasteiger partial charge in [0.1, 0.15) is 5.75 Å². The van der Waals surface area contributed by atoms with E-state index >= 15 is 0 Å². The summed E-state index contributed by atoms with van der Waals surface area (Å²) in [5.74, 6) is 0.164. The number of hydrogen-bond acceptors (Lipinski definition) is 6. The number of benzene rings is 1. The van der Waals surface area contributed by atoms with Crippen LogP contribution in [0.3, 0.4) is 0 Å². The van der Waals surface area contributed by atoms with E-state index in [0.29, 0.717) is 22.3 Å². The van der Waals surface area contributed by atoms with Crippen LogP contribution in [0.15, 0.2) is 24.3 Å². The average molecular weight is 334 g/mol. The smallest absolute Gasteiger partial charge is 0.298 e. The quantitative estimate of drug-likeness (QED) is 0.867. The summed E-state index contributed by atoms with van der Waals surface area (Å²) >= 11 is 1.15. The third-order valence-corrected chi connectivity index (χ3v) is 3.40. The van der Waals surface area contributed by atoms with Gasteiger partial charge in [-0.1, -0.05) is 26.8 Å². The maximum absolute atomic E-state index is 11.9. The molecule has 2 amide bonds. The minimum atomic E-state index is -0.602. The highest BCUT2D eigenvalue weighted by Crippen LogP contribution is 2.28. The van der Waals surface area contributed by atoms with Crippen LogP contribution in [-0.2, 0) is 10.2 Å². The lowest BCUT2D eigenvalue weighted by Gasteiger charge is -2.12. The molecule has 0 bridgehead atoms. The molecule has 0 saturated carbocycles. The molecule has 0 aliphatic rings. The van der Waals surface area contributed by atoms with Crippen molar-refractivity contribution >= 4 is 23.3 Å². The summed E-state index contributed by atoms with van der Waals surface area (Å²) in [4.78, 5) is 26.9. The number of hydrogen-bond donors (Lipinski definition) is 2. The van der Waals surface area contributed by atoms with Crippen LogP contribution in [-0.4, -0.2) is 27.7 Å². The van der Waals surface area contributed by atoms with Gasteiger partial charge in [-0.15, -0.1) is 0 Å². The number of nitrogens with two attached hydrogens (primary N) is 1. The van der Waals surface area contributed by atoms with Crippen molar-refractivity contribution in [2.45, 2.75) is 26.2 Å². The highest BCUT2D eigenvalue weighted by molar-refractivity contribution is 7.07. The fourth-order valence-electron chi connectivity index (χ4n) is 1.63. The number of primary amides is 1. The molecule has 2 rings (SSSR count). The van der Waals surface area contributed by atoms with Crippen LogP contribution in [0.1, 0.15) is 37.0 Å². The first kappa shape index (κ1) is 16.9. The first-order chi connectivity index (χ1) is 10.8. The monoisotopic (exact) mass is 334 g/mol. The van der Waals surface area contributed by atoms with Gasteiger partial charge in [-0.3, -0.25) is 9.59 Å². The number of ether oxygens (including phenoxy) is 1. The van der Waals surface area contributed by atoms with Gasteiger partial charge in [-0.2, -0.15) is 9.36 Å². The third kappa shape index (κ3) is 4.75. The minimum absolute atomic E-state index is 0.158. The van der Waals surface area contributed by atoms with E-state index in [-0.39, 0.29) is 12.0 Å². The number of aromatic nitrogens is 2. The van der Waals surface area contributed by atoms with Crippen LogP contribution in [0.5, 0.6) is 10.9 Å². The summed E-state index contributed by atoms with van der Waals surface area (Å²) < 4.78 is 9.91. The first-order valence-corrected chi connectivity index (χ1v) is 7.71. The normalized spacial score (nSPS) is 11.1. The average Bonchev–Trinajstić information content (AvgIpc) is 2.93. The second-order valence-corrected chi connectivity index (χ2v) is 6.63. The summed E-state index contributed by atoms with van der Waals surface area (Å²) in [6.07, 6.45) is 0. The molecular formula is C15H18N4O3S. The van der Waals surface area contributed by atoms with E-state index in [9.17, 15) is 9.59 Å². The van der Waals surface area contributed by atoms with Crippen molar-refractivity contribution in [2.24, 2.45) is 5.73 Å². The predicted octanol–water partition coefficient (Wildman–Crippen LogP) is 1.84. The zero-order valence-corrected chi connectivity index (χ0v) is 13.9. The van der Waals surface area contributed by atoms with Gasteiger partial charge in [-0.25, -0.2) is 0 Å². The minimum Gasteiger partial charge on any atom is -0.430 e. The molecule has 0 fully saturated rings. The number of nitrogens with zero attached hydrogens (tertiary/aromatic N) is 2. The molecule has 122 valence electrons. The Kier molecular flexibility index (Phi) is 4.95. The molecule has 8 heteroatoms. The van der Waals surface area contributed by atoms with Crippen molar-refractivity contribution in [1.29, 1.82) is 0 Å². The van der Waals surface area contributed by atoms with Gasteiger partial charge in [0.2, 0.25) is 5.91 Å². The molecule has 1 aromatic heterocycles. The van der Waals surface area contributed by atoms with Crippen LogP contribution in [0.25, 0.3) is 0 Å². The van der Waals surface area contributed by atoms with Gasteiger partial charge in [0.25, 0.3) is 11.1 Å². The Hall–Kier alpha value is -2.48.